The summed E-state index contributed by atoms with van der Waals surface area (Å²) >= 11 is 0. The van der Waals surface area contributed by atoms with E-state index in [1.807, 2.05) is 24.3 Å². The van der Waals surface area contributed by atoms with Crippen LogP contribution >= 0.6 is 0 Å². The Hall–Kier alpha value is -1.84. The first-order valence-electron chi connectivity index (χ1n) is 7.20. The lowest BCUT2D eigenvalue weighted by atomic mass is 9.86. The molecular formula is C16H21NO3. The summed E-state index contributed by atoms with van der Waals surface area (Å²) in [6, 6.07) is 7.66. The number of hydrogen-bond donors (Lipinski definition) is 1. The summed E-state index contributed by atoms with van der Waals surface area (Å²) in [6.45, 7) is 3.68. The van der Waals surface area contributed by atoms with Crippen molar-refractivity contribution in [3.63, 3.8) is 0 Å². The Morgan fingerprint density at radius 2 is 1.95 bits per heavy atom. The van der Waals surface area contributed by atoms with Gasteiger partial charge in [0.25, 0.3) is 5.91 Å². The molecule has 0 unspecified atom stereocenters. The fourth-order valence-corrected chi connectivity index (χ4v) is 2.04. The number of esters is 1. The maximum absolute atomic E-state index is 11.9. The molecule has 0 heterocycles. The van der Waals surface area contributed by atoms with Gasteiger partial charge < -0.3 is 10.1 Å². The van der Waals surface area contributed by atoms with Gasteiger partial charge in [0.05, 0.1) is 5.92 Å². The van der Waals surface area contributed by atoms with Crippen LogP contribution in [0.15, 0.2) is 24.3 Å². The van der Waals surface area contributed by atoms with Crippen LogP contribution in [0.5, 0.6) is 0 Å². The molecule has 4 heteroatoms. The molecule has 0 bridgehead atoms. The minimum atomic E-state index is -0.756. The molecule has 1 atom stereocenters. The van der Waals surface area contributed by atoms with Crippen molar-refractivity contribution in [3.05, 3.63) is 29.8 Å². The molecule has 1 saturated carbocycles. The maximum atomic E-state index is 11.9. The number of carbonyl (C=O) groups is 2. The molecule has 1 aliphatic rings. The van der Waals surface area contributed by atoms with Gasteiger partial charge in [-0.1, -0.05) is 25.5 Å². The average molecular weight is 275 g/mol. The molecule has 1 aliphatic carbocycles. The zero-order valence-corrected chi connectivity index (χ0v) is 12.0. The van der Waals surface area contributed by atoms with E-state index in [-0.39, 0.29) is 17.8 Å². The Kier molecular flexibility index (Phi) is 4.77. The van der Waals surface area contributed by atoms with Gasteiger partial charge in [-0.2, -0.15) is 0 Å². The Morgan fingerprint density at radius 1 is 1.30 bits per heavy atom. The van der Waals surface area contributed by atoms with E-state index in [1.54, 1.807) is 6.92 Å². The van der Waals surface area contributed by atoms with E-state index >= 15 is 0 Å². The second-order valence-corrected chi connectivity index (χ2v) is 5.25. The molecule has 0 aliphatic heterocycles. The summed E-state index contributed by atoms with van der Waals surface area (Å²) in [7, 11) is 0. The van der Waals surface area contributed by atoms with Crippen molar-refractivity contribution in [2.45, 2.75) is 45.6 Å². The molecular weight excluding hydrogens is 254 g/mol. The quantitative estimate of drug-likeness (QED) is 0.841. The van der Waals surface area contributed by atoms with E-state index in [9.17, 15) is 9.59 Å². The van der Waals surface area contributed by atoms with Gasteiger partial charge >= 0.3 is 5.97 Å². The predicted octanol–water partition coefficient (Wildman–Crippen LogP) is 2.92. The molecule has 0 aromatic heterocycles. The van der Waals surface area contributed by atoms with Crippen molar-refractivity contribution in [3.8, 4) is 0 Å². The molecule has 4 nitrogen and oxygen atoms in total. The van der Waals surface area contributed by atoms with Crippen LogP contribution in [0.25, 0.3) is 0 Å². The Bertz CT molecular complexity index is 477. The number of benzene rings is 1. The number of nitrogens with one attached hydrogen (secondary N) is 1. The standard InChI is InChI=1S/C16H21NO3/c1-3-12-7-9-14(10-8-12)17-15(18)11(2)20-16(19)13-5-4-6-13/h7-11,13H,3-6H2,1-2H3,(H,17,18)/t11-/m1/s1. The number of ether oxygens (including phenoxy) is 1. The van der Waals surface area contributed by atoms with Crippen molar-refractivity contribution >= 4 is 17.6 Å². The van der Waals surface area contributed by atoms with Crippen molar-refractivity contribution in [2.24, 2.45) is 5.92 Å². The summed E-state index contributed by atoms with van der Waals surface area (Å²) in [5.74, 6) is -0.545. The van der Waals surface area contributed by atoms with Gasteiger partial charge in [0, 0.05) is 5.69 Å². The summed E-state index contributed by atoms with van der Waals surface area (Å²) in [5.41, 5.74) is 1.94. The number of amides is 1. The largest absolute Gasteiger partial charge is 0.452 e. The number of hydrogen-bond acceptors (Lipinski definition) is 3. The molecule has 108 valence electrons. The van der Waals surface area contributed by atoms with Crippen LogP contribution in [0.4, 0.5) is 5.69 Å². The number of aryl methyl sites for hydroxylation is 1. The van der Waals surface area contributed by atoms with Gasteiger partial charge in [-0.15, -0.1) is 0 Å². The van der Waals surface area contributed by atoms with Crippen molar-refractivity contribution < 1.29 is 14.3 Å². The minimum absolute atomic E-state index is 0.00547. The summed E-state index contributed by atoms with van der Waals surface area (Å²) < 4.78 is 5.18. The van der Waals surface area contributed by atoms with Crippen molar-refractivity contribution in [2.75, 3.05) is 5.32 Å². The maximum Gasteiger partial charge on any atom is 0.309 e. The predicted molar refractivity (Wildman–Crippen MR) is 77.3 cm³/mol. The lowest BCUT2D eigenvalue weighted by Crippen LogP contribution is -2.34. The minimum Gasteiger partial charge on any atom is -0.452 e. The zero-order chi connectivity index (χ0) is 14.5. The first kappa shape index (κ1) is 14.6. The van der Waals surface area contributed by atoms with Crippen LogP contribution in [0.3, 0.4) is 0 Å². The van der Waals surface area contributed by atoms with Crippen molar-refractivity contribution in [1.82, 2.24) is 0 Å². The lowest BCUT2D eigenvalue weighted by Gasteiger charge is -2.24. The summed E-state index contributed by atoms with van der Waals surface area (Å²) in [4.78, 5) is 23.6. The fourth-order valence-electron chi connectivity index (χ4n) is 2.04. The van der Waals surface area contributed by atoms with E-state index in [4.69, 9.17) is 4.74 Å². The first-order valence-corrected chi connectivity index (χ1v) is 7.20. The second-order valence-electron chi connectivity index (χ2n) is 5.25. The van der Waals surface area contributed by atoms with E-state index in [0.29, 0.717) is 0 Å². The highest BCUT2D eigenvalue weighted by atomic mass is 16.5. The molecule has 2 rings (SSSR count). The molecule has 0 spiro atoms. The van der Waals surface area contributed by atoms with Crippen LogP contribution < -0.4 is 5.32 Å². The molecule has 1 aromatic rings. The van der Waals surface area contributed by atoms with Crippen LogP contribution in [0, 0.1) is 5.92 Å². The Labute approximate surface area is 119 Å². The third-order valence-corrected chi connectivity index (χ3v) is 3.73. The van der Waals surface area contributed by atoms with Crippen LogP contribution in [-0.2, 0) is 20.7 Å². The number of carbonyl (C=O) groups excluding carboxylic acids is 2. The molecule has 1 fully saturated rings. The molecule has 1 N–H and O–H groups in total. The van der Waals surface area contributed by atoms with Crippen LogP contribution in [-0.4, -0.2) is 18.0 Å². The van der Waals surface area contributed by atoms with Gasteiger partial charge in [-0.05, 0) is 43.9 Å². The summed E-state index contributed by atoms with van der Waals surface area (Å²) in [5, 5.41) is 2.76. The molecule has 1 aromatic carbocycles. The SMILES string of the molecule is CCc1ccc(NC(=O)[C@@H](C)OC(=O)C2CCC2)cc1. The van der Waals surface area contributed by atoms with Gasteiger partial charge in [-0.3, -0.25) is 9.59 Å². The highest BCUT2D eigenvalue weighted by Crippen LogP contribution is 2.27. The van der Waals surface area contributed by atoms with E-state index < -0.39 is 6.10 Å². The van der Waals surface area contributed by atoms with Crippen LogP contribution in [0.1, 0.15) is 38.7 Å². The van der Waals surface area contributed by atoms with Crippen LogP contribution in [0.2, 0.25) is 0 Å². The molecule has 0 radical (unpaired) electrons. The van der Waals surface area contributed by atoms with Gasteiger partial charge in [0.1, 0.15) is 0 Å². The second kappa shape index (κ2) is 6.55. The Balaban J connectivity index is 1.84. The fraction of sp³-hybridized carbons (Fsp3) is 0.500. The third kappa shape index (κ3) is 3.59. The van der Waals surface area contributed by atoms with Gasteiger partial charge in [0.15, 0.2) is 6.10 Å². The molecule has 20 heavy (non-hydrogen) atoms. The van der Waals surface area contributed by atoms with Gasteiger partial charge in [0.2, 0.25) is 0 Å². The van der Waals surface area contributed by atoms with E-state index in [2.05, 4.69) is 12.2 Å². The number of rotatable bonds is 5. The zero-order valence-electron chi connectivity index (χ0n) is 12.0. The first-order chi connectivity index (χ1) is 9.60. The average Bonchev–Trinajstić information content (AvgIpc) is 2.37. The molecule has 0 saturated heterocycles. The smallest absolute Gasteiger partial charge is 0.309 e. The summed E-state index contributed by atoms with van der Waals surface area (Å²) in [6.07, 6.45) is 3.04. The lowest BCUT2D eigenvalue weighted by molar-refractivity contribution is -0.159. The Morgan fingerprint density at radius 3 is 2.45 bits per heavy atom. The highest BCUT2D eigenvalue weighted by Gasteiger charge is 2.29. The third-order valence-electron chi connectivity index (χ3n) is 3.73. The number of anilines is 1. The monoisotopic (exact) mass is 275 g/mol. The topological polar surface area (TPSA) is 55.4 Å². The van der Waals surface area contributed by atoms with Crippen molar-refractivity contribution in [1.29, 1.82) is 0 Å². The molecule has 1 amide bonds. The highest BCUT2D eigenvalue weighted by molar-refractivity contribution is 5.95. The van der Waals surface area contributed by atoms with Gasteiger partial charge in [-0.25, -0.2) is 0 Å². The van der Waals surface area contributed by atoms with E-state index in [0.717, 1.165) is 31.4 Å². The normalized spacial score (nSPS) is 16.1. The van der Waals surface area contributed by atoms with E-state index in [1.165, 1.54) is 5.56 Å².